The number of aryl methyl sites for hydroxylation is 1. The minimum absolute atomic E-state index is 0.145. The molecule has 0 unspecified atom stereocenters. The summed E-state index contributed by atoms with van der Waals surface area (Å²) in [4.78, 5) is 12.5. The van der Waals surface area contributed by atoms with Gasteiger partial charge in [-0.1, -0.05) is 30.3 Å². The number of aromatic nitrogens is 2. The lowest BCUT2D eigenvalue weighted by Crippen LogP contribution is -2.12. The summed E-state index contributed by atoms with van der Waals surface area (Å²) >= 11 is 3.42. The number of ether oxygens (including phenoxy) is 1. The van der Waals surface area contributed by atoms with E-state index >= 15 is 0 Å². The van der Waals surface area contributed by atoms with E-state index in [1.165, 1.54) is 6.07 Å². The number of carbonyl (C=O) groups is 1. The monoisotopic (exact) mass is 483 g/mol. The van der Waals surface area contributed by atoms with E-state index in [4.69, 9.17) is 9.15 Å². The zero-order valence-corrected chi connectivity index (χ0v) is 18.2. The number of nitrogens with one attached hydrogen (secondary N) is 1. The Hall–Kier alpha value is -3.39. The molecule has 2 heterocycles. The second-order valence-electron chi connectivity index (χ2n) is 6.86. The molecule has 1 amide bonds. The Balaban J connectivity index is 1.39. The Kier molecular flexibility index (Phi) is 6.18. The van der Waals surface area contributed by atoms with Crippen molar-refractivity contribution in [3.63, 3.8) is 0 Å². The molecule has 8 heteroatoms. The summed E-state index contributed by atoms with van der Waals surface area (Å²) in [6, 6.07) is 19.0. The fourth-order valence-electron chi connectivity index (χ4n) is 2.99. The van der Waals surface area contributed by atoms with E-state index < -0.39 is 5.91 Å². The van der Waals surface area contributed by atoms with Gasteiger partial charge in [-0.3, -0.25) is 9.48 Å². The second kappa shape index (κ2) is 9.18. The van der Waals surface area contributed by atoms with Gasteiger partial charge in [0.25, 0.3) is 5.91 Å². The number of carbonyl (C=O) groups excluding carboxylic acids is 1. The van der Waals surface area contributed by atoms with Crippen LogP contribution in [-0.2, 0) is 13.2 Å². The van der Waals surface area contributed by atoms with E-state index in [9.17, 15) is 9.18 Å². The molecule has 6 nitrogen and oxygen atoms in total. The number of nitrogens with zero attached hydrogens (tertiary/aromatic N) is 2. The normalized spacial score (nSPS) is 10.8. The predicted octanol–water partition coefficient (Wildman–Crippen LogP) is 5.57. The molecule has 2 aromatic carbocycles. The molecule has 158 valence electrons. The molecule has 2 aromatic heterocycles. The Bertz CT molecular complexity index is 1220. The highest BCUT2D eigenvalue weighted by Crippen LogP contribution is 2.25. The zero-order valence-electron chi connectivity index (χ0n) is 16.6. The molecule has 0 fully saturated rings. The summed E-state index contributed by atoms with van der Waals surface area (Å²) in [5.74, 6) is 0.981. The third kappa shape index (κ3) is 5.03. The summed E-state index contributed by atoms with van der Waals surface area (Å²) in [6.07, 6.45) is 0. The number of anilines is 1. The van der Waals surface area contributed by atoms with Crippen LogP contribution in [0.25, 0.3) is 0 Å². The smallest absolute Gasteiger partial charge is 0.292 e. The van der Waals surface area contributed by atoms with Crippen LogP contribution in [0.5, 0.6) is 5.75 Å². The summed E-state index contributed by atoms with van der Waals surface area (Å²) in [6.45, 7) is 2.30. The lowest BCUT2D eigenvalue weighted by molar-refractivity contribution is 0.0992. The van der Waals surface area contributed by atoms with E-state index in [1.807, 2.05) is 31.2 Å². The SMILES string of the molecule is Cc1cc(NC(=O)c2ccc(COc3ccccc3Br)o2)nn1Cc1ccccc1F. The van der Waals surface area contributed by atoms with Gasteiger partial charge < -0.3 is 14.5 Å². The van der Waals surface area contributed by atoms with Crippen LogP contribution in [0, 0.1) is 12.7 Å². The van der Waals surface area contributed by atoms with Gasteiger partial charge in [0.15, 0.2) is 11.6 Å². The molecule has 1 N–H and O–H groups in total. The third-order valence-electron chi connectivity index (χ3n) is 4.59. The Morgan fingerprint density at radius 3 is 2.74 bits per heavy atom. The van der Waals surface area contributed by atoms with Gasteiger partial charge in [0.1, 0.15) is 23.9 Å². The first-order chi connectivity index (χ1) is 15.0. The second-order valence-corrected chi connectivity index (χ2v) is 7.71. The van der Waals surface area contributed by atoms with Crippen molar-refractivity contribution in [2.45, 2.75) is 20.1 Å². The highest BCUT2D eigenvalue weighted by molar-refractivity contribution is 9.10. The molecule has 0 aliphatic rings. The molecule has 0 radical (unpaired) electrons. The maximum atomic E-state index is 13.9. The standard InChI is InChI=1S/C23H19BrFN3O3/c1-15-12-22(27-28(15)13-16-6-2-4-8-19(16)25)26-23(29)21-11-10-17(31-21)14-30-20-9-5-3-7-18(20)24/h2-12H,13-14H2,1H3,(H,26,27,29). The molecule has 0 saturated carbocycles. The van der Waals surface area contributed by atoms with Crippen molar-refractivity contribution in [2.75, 3.05) is 5.32 Å². The number of benzene rings is 2. The fourth-order valence-corrected chi connectivity index (χ4v) is 3.38. The van der Waals surface area contributed by atoms with Gasteiger partial charge in [0.05, 0.1) is 11.0 Å². The van der Waals surface area contributed by atoms with Crippen molar-refractivity contribution >= 4 is 27.7 Å². The first kappa shape index (κ1) is 20.9. The third-order valence-corrected chi connectivity index (χ3v) is 5.25. The Morgan fingerprint density at radius 1 is 1.16 bits per heavy atom. The molecular formula is C23H19BrFN3O3. The van der Waals surface area contributed by atoms with Crippen molar-refractivity contribution in [1.82, 2.24) is 9.78 Å². The van der Waals surface area contributed by atoms with Crippen molar-refractivity contribution in [3.8, 4) is 5.75 Å². The van der Waals surface area contributed by atoms with Crippen LogP contribution in [0.2, 0.25) is 0 Å². The highest BCUT2D eigenvalue weighted by Gasteiger charge is 2.15. The first-order valence-electron chi connectivity index (χ1n) is 9.55. The van der Waals surface area contributed by atoms with E-state index in [0.717, 1.165) is 10.2 Å². The van der Waals surface area contributed by atoms with Crippen LogP contribution in [0.1, 0.15) is 27.6 Å². The van der Waals surface area contributed by atoms with E-state index in [-0.39, 0.29) is 24.7 Å². The van der Waals surface area contributed by atoms with Gasteiger partial charge in [-0.15, -0.1) is 0 Å². The average Bonchev–Trinajstić information content (AvgIpc) is 3.36. The maximum absolute atomic E-state index is 13.9. The summed E-state index contributed by atoms with van der Waals surface area (Å²) in [5, 5.41) is 7.06. The number of amides is 1. The van der Waals surface area contributed by atoms with Crippen LogP contribution in [-0.4, -0.2) is 15.7 Å². The largest absolute Gasteiger partial charge is 0.484 e. The first-order valence-corrected chi connectivity index (χ1v) is 10.3. The molecule has 0 spiro atoms. The van der Waals surface area contributed by atoms with Gasteiger partial charge in [-0.05, 0) is 53.2 Å². The molecule has 4 rings (SSSR count). The van der Waals surface area contributed by atoms with Crippen molar-refractivity contribution in [1.29, 1.82) is 0 Å². The number of furan rings is 1. The van der Waals surface area contributed by atoms with E-state index in [0.29, 0.717) is 22.9 Å². The predicted molar refractivity (Wildman–Crippen MR) is 118 cm³/mol. The zero-order chi connectivity index (χ0) is 21.8. The van der Waals surface area contributed by atoms with Crippen LogP contribution >= 0.6 is 15.9 Å². The van der Waals surface area contributed by atoms with Gasteiger partial charge in [-0.2, -0.15) is 5.10 Å². The van der Waals surface area contributed by atoms with Gasteiger partial charge in [0, 0.05) is 17.3 Å². The van der Waals surface area contributed by atoms with Crippen molar-refractivity contribution in [2.24, 2.45) is 0 Å². The highest BCUT2D eigenvalue weighted by atomic mass is 79.9. The topological polar surface area (TPSA) is 69.3 Å². The van der Waals surface area contributed by atoms with Crippen molar-refractivity contribution < 1.29 is 18.3 Å². The molecule has 0 saturated heterocycles. The van der Waals surface area contributed by atoms with Crippen LogP contribution < -0.4 is 10.1 Å². The lowest BCUT2D eigenvalue weighted by atomic mass is 10.2. The number of rotatable bonds is 7. The minimum Gasteiger partial charge on any atom is -0.484 e. The summed E-state index contributed by atoms with van der Waals surface area (Å²) in [7, 11) is 0. The maximum Gasteiger partial charge on any atom is 0.292 e. The molecule has 0 aliphatic heterocycles. The molecule has 4 aromatic rings. The summed E-state index contributed by atoms with van der Waals surface area (Å²) in [5.41, 5.74) is 1.31. The quantitative estimate of drug-likeness (QED) is 0.373. The van der Waals surface area contributed by atoms with Gasteiger partial charge >= 0.3 is 0 Å². The molecule has 0 aliphatic carbocycles. The van der Waals surface area contributed by atoms with E-state index in [2.05, 4.69) is 26.3 Å². The van der Waals surface area contributed by atoms with Crippen molar-refractivity contribution in [3.05, 3.63) is 99.8 Å². The van der Waals surface area contributed by atoms with Gasteiger partial charge in [-0.25, -0.2) is 4.39 Å². The molecule has 0 bridgehead atoms. The number of hydrogen-bond acceptors (Lipinski definition) is 4. The summed E-state index contributed by atoms with van der Waals surface area (Å²) < 4.78 is 27.7. The van der Waals surface area contributed by atoms with Crippen LogP contribution in [0.4, 0.5) is 10.2 Å². The average molecular weight is 484 g/mol. The molecule has 31 heavy (non-hydrogen) atoms. The van der Waals surface area contributed by atoms with Crippen LogP contribution in [0.15, 0.2) is 75.6 Å². The Morgan fingerprint density at radius 2 is 1.94 bits per heavy atom. The lowest BCUT2D eigenvalue weighted by Gasteiger charge is -2.06. The minimum atomic E-state index is -0.428. The van der Waals surface area contributed by atoms with E-state index in [1.54, 1.807) is 41.1 Å². The van der Waals surface area contributed by atoms with Gasteiger partial charge in [0.2, 0.25) is 0 Å². The Labute approximate surface area is 186 Å². The molecule has 0 atom stereocenters. The van der Waals surface area contributed by atoms with Crippen LogP contribution in [0.3, 0.4) is 0 Å². The fraction of sp³-hybridized carbons (Fsp3) is 0.130. The molecular weight excluding hydrogens is 465 g/mol. The number of hydrogen-bond donors (Lipinski definition) is 1. The number of para-hydroxylation sites is 1. The number of halogens is 2.